The monoisotopic (exact) mass is 425 g/mol. The minimum Gasteiger partial charge on any atom is -0.497 e. The summed E-state index contributed by atoms with van der Waals surface area (Å²) in [5.41, 5.74) is 3.82. The summed E-state index contributed by atoms with van der Waals surface area (Å²) >= 11 is 0. The van der Waals surface area contributed by atoms with Crippen molar-refractivity contribution >= 4 is 29.4 Å². The van der Waals surface area contributed by atoms with Gasteiger partial charge >= 0.3 is 7.60 Å². The molecule has 2 N–H and O–H groups in total. The maximum atomic E-state index is 11.3. The number of nitrogens with zero attached hydrogens (tertiary/aromatic N) is 1. The maximum absolute atomic E-state index is 11.3. The van der Waals surface area contributed by atoms with E-state index in [1.165, 1.54) is 0 Å². The lowest BCUT2D eigenvalue weighted by Gasteiger charge is -2.18. The normalized spacial score (nSPS) is 13.0. The van der Waals surface area contributed by atoms with Crippen molar-refractivity contribution in [2.75, 3.05) is 14.2 Å². The van der Waals surface area contributed by atoms with Gasteiger partial charge in [-0.3, -0.25) is 4.57 Å². The Morgan fingerprint density at radius 3 is 1.80 bits per heavy atom. The second-order valence-electron chi connectivity index (χ2n) is 7.38. The van der Waals surface area contributed by atoms with Crippen LogP contribution in [-0.4, -0.2) is 28.6 Å². The molecule has 0 bridgehead atoms. The molecule has 0 spiro atoms. The van der Waals surface area contributed by atoms with Crippen LogP contribution >= 0.6 is 7.60 Å². The third-order valence-electron chi connectivity index (χ3n) is 5.45. The van der Waals surface area contributed by atoms with E-state index in [2.05, 4.69) is 23.6 Å². The van der Waals surface area contributed by atoms with Crippen molar-refractivity contribution in [1.29, 1.82) is 0 Å². The zero-order chi connectivity index (χ0) is 21.5. The standard InChI is InChI=1S/C23H24NO5P/c1-15(17-6-4-16(5-7-17)14-30(25,26)27)24-22-10-8-18(28-2)12-20(22)21-13-19(29-3)9-11-23(21)24/h4-13,15H,14H2,1-3H3,(H2,25,26,27). The van der Waals surface area contributed by atoms with Gasteiger partial charge in [0.2, 0.25) is 0 Å². The van der Waals surface area contributed by atoms with Crippen molar-refractivity contribution in [2.24, 2.45) is 0 Å². The van der Waals surface area contributed by atoms with Gasteiger partial charge in [0.25, 0.3) is 0 Å². The Labute approximate surface area is 174 Å². The van der Waals surface area contributed by atoms with Crippen LogP contribution in [0.25, 0.3) is 21.8 Å². The minimum atomic E-state index is -4.08. The van der Waals surface area contributed by atoms with Gasteiger partial charge in [-0.05, 0) is 54.4 Å². The van der Waals surface area contributed by atoms with Crippen molar-refractivity contribution in [1.82, 2.24) is 4.57 Å². The van der Waals surface area contributed by atoms with Crippen LogP contribution in [0, 0.1) is 0 Å². The summed E-state index contributed by atoms with van der Waals surface area (Å²) in [6.45, 7) is 2.12. The summed E-state index contributed by atoms with van der Waals surface area (Å²) in [5.74, 6) is 1.58. The van der Waals surface area contributed by atoms with Gasteiger partial charge in [-0.15, -0.1) is 0 Å². The first kappa shape index (κ1) is 20.5. The molecular formula is C23H24NO5P. The van der Waals surface area contributed by atoms with Gasteiger partial charge in [-0.2, -0.15) is 0 Å². The van der Waals surface area contributed by atoms with Crippen LogP contribution in [0.2, 0.25) is 0 Å². The van der Waals surface area contributed by atoms with Gasteiger partial charge < -0.3 is 23.8 Å². The van der Waals surface area contributed by atoms with E-state index in [0.717, 1.165) is 38.9 Å². The van der Waals surface area contributed by atoms with E-state index >= 15 is 0 Å². The van der Waals surface area contributed by atoms with Crippen LogP contribution in [0.3, 0.4) is 0 Å². The first-order valence-electron chi connectivity index (χ1n) is 9.60. The molecule has 0 saturated carbocycles. The van der Waals surface area contributed by atoms with E-state index in [9.17, 15) is 14.4 Å². The molecule has 0 aliphatic heterocycles. The molecule has 1 aromatic heterocycles. The predicted octanol–water partition coefficient (Wildman–Crippen LogP) is 5.10. The average molecular weight is 425 g/mol. The van der Waals surface area contributed by atoms with Crippen molar-refractivity contribution in [3.05, 3.63) is 71.8 Å². The summed E-state index contributed by atoms with van der Waals surface area (Å²) in [7, 11) is -0.773. The molecule has 156 valence electrons. The highest BCUT2D eigenvalue weighted by Gasteiger charge is 2.19. The van der Waals surface area contributed by atoms with Gasteiger partial charge in [-0.25, -0.2) is 0 Å². The van der Waals surface area contributed by atoms with Crippen molar-refractivity contribution < 1.29 is 23.8 Å². The first-order valence-corrected chi connectivity index (χ1v) is 11.4. The van der Waals surface area contributed by atoms with E-state index in [1.807, 2.05) is 36.4 Å². The summed E-state index contributed by atoms with van der Waals surface area (Å²) < 4.78 is 24.4. The van der Waals surface area contributed by atoms with E-state index in [0.29, 0.717) is 5.56 Å². The summed E-state index contributed by atoms with van der Waals surface area (Å²) in [6.07, 6.45) is -0.253. The number of methoxy groups -OCH3 is 2. The summed E-state index contributed by atoms with van der Waals surface area (Å²) in [6, 6.07) is 19.5. The van der Waals surface area contributed by atoms with Gasteiger partial charge in [0, 0.05) is 21.8 Å². The number of rotatable bonds is 6. The number of ether oxygens (including phenoxy) is 2. The molecule has 0 aliphatic rings. The molecule has 4 rings (SSSR count). The lowest BCUT2D eigenvalue weighted by Crippen LogP contribution is -2.06. The first-order chi connectivity index (χ1) is 14.3. The van der Waals surface area contributed by atoms with E-state index < -0.39 is 7.60 Å². The molecule has 4 aromatic rings. The molecule has 7 heteroatoms. The molecule has 1 atom stereocenters. The predicted molar refractivity (Wildman–Crippen MR) is 119 cm³/mol. The lowest BCUT2D eigenvalue weighted by molar-refractivity contribution is 0.371. The molecule has 0 amide bonds. The van der Waals surface area contributed by atoms with Gasteiger partial charge in [-0.1, -0.05) is 24.3 Å². The smallest absolute Gasteiger partial charge is 0.329 e. The lowest BCUT2D eigenvalue weighted by atomic mass is 10.1. The van der Waals surface area contributed by atoms with Crippen molar-refractivity contribution in [3.8, 4) is 11.5 Å². The fourth-order valence-electron chi connectivity index (χ4n) is 3.97. The Morgan fingerprint density at radius 2 is 1.37 bits per heavy atom. The second kappa shape index (κ2) is 7.80. The third kappa shape index (κ3) is 3.82. The van der Waals surface area contributed by atoms with Crippen molar-refractivity contribution in [2.45, 2.75) is 19.1 Å². The Hall–Kier alpha value is -2.79. The number of hydrogen-bond donors (Lipinski definition) is 2. The Bertz CT molecular complexity index is 1200. The van der Waals surface area contributed by atoms with Gasteiger partial charge in [0.1, 0.15) is 11.5 Å². The number of hydrogen-bond acceptors (Lipinski definition) is 3. The van der Waals surface area contributed by atoms with Gasteiger partial charge in [0.05, 0.1) is 26.4 Å². The zero-order valence-corrected chi connectivity index (χ0v) is 18.0. The number of benzene rings is 3. The Kier molecular flexibility index (Phi) is 5.33. The third-order valence-corrected chi connectivity index (χ3v) is 6.23. The molecule has 0 fully saturated rings. The van der Waals surface area contributed by atoms with Crippen LogP contribution in [0.5, 0.6) is 11.5 Å². The SMILES string of the molecule is COc1ccc2c(c1)c1cc(OC)ccc1n2C(C)c1ccc(CP(=O)(O)O)cc1. The highest BCUT2D eigenvalue weighted by atomic mass is 31.2. The van der Waals surface area contributed by atoms with Crippen LogP contribution in [0.4, 0.5) is 0 Å². The molecule has 0 saturated heterocycles. The van der Waals surface area contributed by atoms with Crippen molar-refractivity contribution in [3.63, 3.8) is 0 Å². The van der Waals surface area contributed by atoms with Crippen LogP contribution in [0.1, 0.15) is 24.1 Å². The Balaban J connectivity index is 1.85. The summed E-state index contributed by atoms with van der Waals surface area (Å²) in [5, 5.41) is 2.15. The Morgan fingerprint density at radius 1 is 0.867 bits per heavy atom. The summed E-state index contributed by atoms with van der Waals surface area (Å²) in [4.78, 5) is 18.4. The highest BCUT2D eigenvalue weighted by molar-refractivity contribution is 7.50. The molecule has 1 heterocycles. The van der Waals surface area contributed by atoms with Crippen LogP contribution < -0.4 is 9.47 Å². The molecule has 30 heavy (non-hydrogen) atoms. The largest absolute Gasteiger partial charge is 0.497 e. The van der Waals surface area contributed by atoms with E-state index in [1.54, 1.807) is 26.4 Å². The average Bonchev–Trinajstić information content (AvgIpc) is 3.05. The molecular weight excluding hydrogens is 401 g/mol. The number of fused-ring (bicyclic) bond motifs is 3. The quantitative estimate of drug-likeness (QED) is 0.420. The minimum absolute atomic E-state index is 0.0101. The van der Waals surface area contributed by atoms with Crippen LogP contribution in [-0.2, 0) is 10.7 Å². The molecule has 0 radical (unpaired) electrons. The highest BCUT2D eigenvalue weighted by Crippen LogP contribution is 2.40. The van der Waals surface area contributed by atoms with Crippen LogP contribution in [0.15, 0.2) is 60.7 Å². The number of aromatic nitrogens is 1. The molecule has 0 aliphatic carbocycles. The van der Waals surface area contributed by atoms with E-state index in [-0.39, 0.29) is 12.2 Å². The maximum Gasteiger partial charge on any atom is 0.329 e. The van der Waals surface area contributed by atoms with E-state index in [4.69, 9.17) is 9.47 Å². The molecule has 1 unspecified atom stereocenters. The molecule has 3 aromatic carbocycles. The molecule has 6 nitrogen and oxygen atoms in total. The topological polar surface area (TPSA) is 80.9 Å². The van der Waals surface area contributed by atoms with Gasteiger partial charge in [0.15, 0.2) is 0 Å². The zero-order valence-electron chi connectivity index (χ0n) is 17.1. The second-order valence-corrected chi connectivity index (χ2v) is 9.02. The fourth-order valence-corrected chi connectivity index (χ4v) is 4.66. The fraction of sp³-hybridized carbons (Fsp3) is 0.217.